The molecule has 0 spiro atoms. The number of rotatable bonds is 3. The molecule has 10 heteroatoms. The van der Waals surface area contributed by atoms with Gasteiger partial charge in [0.1, 0.15) is 14.8 Å². The number of carbonyl (C=O) groups is 1. The predicted molar refractivity (Wildman–Crippen MR) is 112 cm³/mol. The molecule has 4 rings (SSSR count). The Balaban J connectivity index is 1.66. The van der Waals surface area contributed by atoms with E-state index in [1.807, 2.05) is 0 Å². The molecule has 0 bridgehead atoms. The van der Waals surface area contributed by atoms with E-state index >= 15 is 0 Å². The second-order valence-corrected chi connectivity index (χ2v) is 11.3. The van der Waals surface area contributed by atoms with Gasteiger partial charge in [0.15, 0.2) is 9.92 Å². The van der Waals surface area contributed by atoms with Crippen molar-refractivity contribution in [1.29, 1.82) is 0 Å². The molecule has 0 aliphatic heterocycles. The summed E-state index contributed by atoms with van der Waals surface area (Å²) in [5.41, 5.74) is 3.80. The number of nitrogens with one attached hydrogen (secondary N) is 1. The number of anilines is 1. The fourth-order valence-corrected chi connectivity index (χ4v) is 5.99. The molecule has 156 valence electrons. The maximum Gasteiger partial charge on any atom is 0.354 e. The maximum absolute atomic E-state index is 12.9. The Labute approximate surface area is 174 Å². The van der Waals surface area contributed by atoms with Crippen LogP contribution in [0.25, 0.3) is 0 Å². The summed E-state index contributed by atoms with van der Waals surface area (Å²) in [7, 11) is -3.47. The van der Waals surface area contributed by atoms with Gasteiger partial charge in [0.2, 0.25) is 0 Å². The Morgan fingerprint density at radius 2 is 2.14 bits per heavy atom. The molecule has 0 saturated heterocycles. The van der Waals surface area contributed by atoms with Crippen molar-refractivity contribution in [2.45, 2.75) is 68.6 Å². The summed E-state index contributed by atoms with van der Waals surface area (Å²) in [6.45, 7) is 5.29. The van der Waals surface area contributed by atoms with E-state index in [0.29, 0.717) is 10.9 Å². The number of urea groups is 1. The van der Waals surface area contributed by atoms with Crippen LogP contribution in [0.5, 0.6) is 0 Å². The molecule has 8 nitrogen and oxygen atoms in total. The van der Waals surface area contributed by atoms with Gasteiger partial charge in [0, 0.05) is 11.4 Å². The molecule has 29 heavy (non-hydrogen) atoms. The number of aromatic nitrogens is 2. The smallest absolute Gasteiger partial charge is 0.354 e. The standard InChI is InChI=1S/C19H25N5O3S2/c1-10-7-8-12-15(10)22-13-6-4-5-11(13)16(12)23-18(25)24-29(20,27)14-9-21-17(28-14)19(2,3)26/h9-10,26H,4-8H2,1-3H3,(H3,20,22,23,24,25,27)/t10-,29-/m1/s1. The van der Waals surface area contributed by atoms with Gasteiger partial charge in [0.05, 0.1) is 11.9 Å². The fraction of sp³-hybridized carbons (Fsp3) is 0.526. The van der Waals surface area contributed by atoms with Crippen molar-refractivity contribution in [3.63, 3.8) is 0 Å². The monoisotopic (exact) mass is 435 g/mol. The summed E-state index contributed by atoms with van der Waals surface area (Å²) >= 11 is 0.990. The van der Waals surface area contributed by atoms with Crippen LogP contribution in [0.2, 0.25) is 0 Å². The first-order valence-corrected chi connectivity index (χ1v) is 12.0. The normalized spacial score (nSPS) is 20.1. The van der Waals surface area contributed by atoms with Crippen LogP contribution in [0.15, 0.2) is 14.8 Å². The number of hydrogen-bond donors (Lipinski definition) is 3. The molecule has 2 aliphatic carbocycles. The first kappa shape index (κ1) is 20.4. The van der Waals surface area contributed by atoms with Crippen LogP contribution >= 0.6 is 11.3 Å². The molecule has 0 radical (unpaired) electrons. The van der Waals surface area contributed by atoms with Gasteiger partial charge in [0.25, 0.3) is 0 Å². The van der Waals surface area contributed by atoms with Crippen LogP contribution < -0.4 is 10.5 Å². The van der Waals surface area contributed by atoms with Gasteiger partial charge in [-0.1, -0.05) is 6.92 Å². The molecule has 4 N–H and O–H groups in total. The zero-order valence-corrected chi connectivity index (χ0v) is 18.3. The van der Waals surface area contributed by atoms with Gasteiger partial charge in [-0.3, -0.25) is 4.98 Å². The minimum Gasteiger partial charge on any atom is -0.383 e. The molecule has 0 saturated carbocycles. The summed E-state index contributed by atoms with van der Waals surface area (Å²) < 4.78 is 16.8. The SMILES string of the molecule is C[C@@H]1CCc2c1nc1c(c2NC(=O)N=[S@@](N)(=O)c2cnc(C(C)(C)O)s2)CCC1. The number of amides is 2. The van der Waals surface area contributed by atoms with Crippen molar-refractivity contribution in [2.24, 2.45) is 9.50 Å². The van der Waals surface area contributed by atoms with E-state index < -0.39 is 21.5 Å². The zero-order chi connectivity index (χ0) is 21.0. The van der Waals surface area contributed by atoms with Crippen molar-refractivity contribution in [3.05, 3.63) is 33.7 Å². The van der Waals surface area contributed by atoms with E-state index in [9.17, 15) is 14.1 Å². The van der Waals surface area contributed by atoms with Crippen molar-refractivity contribution in [3.8, 4) is 0 Å². The Morgan fingerprint density at radius 3 is 2.83 bits per heavy atom. The number of nitrogens with zero attached hydrogens (tertiary/aromatic N) is 3. The maximum atomic E-state index is 12.9. The van der Waals surface area contributed by atoms with Gasteiger partial charge in [-0.15, -0.1) is 15.7 Å². The van der Waals surface area contributed by atoms with Gasteiger partial charge in [-0.2, -0.15) is 0 Å². The molecule has 0 fully saturated rings. The minimum atomic E-state index is -3.47. The van der Waals surface area contributed by atoms with Crippen molar-refractivity contribution in [1.82, 2.24) is 9.97 Å². The van der Waals surface area contributed by atoms with E-state index in [1.165, 1.54) is 6.20 Å². The highest BCUT2D eigenvalue weighted by atomic mass is 32.2. The number of fused-ring (bicyclic) bond motifs is 2. The van der Waals surface area contributed by atoms with E-state index in [2.05, 4.69) is 21.6 Å². The van der Waals surface area contributed by atoms with Crippen LogP contribution in [-0.4, -0.2) is 25.3 Å². The summed E-state index contributed by atoms with van der Waals surface area (Å²) in [4.78, 5) is 21.6. The Bertz CT molecular complexity index is 1110. The predicted octanol–water partition coefficient (Wildman–Crippen LogP) is 3.24. The lowest BCUT2D eigenvalue weighted by molar-refractivity contribution is 0.0783. The van der Waals surface area contributed by atoms with Crippen LogP contribution in [0.3, 0.4) is 0 Å². The van der Waals surface area contributed by atoms with E-state index in [1.54, 1.807) is 13.8 Å². The second kappa shape index (κ2) is 7.12. The largest absolute Gasteiger partial charge is 0.383 e. The van der Waals surface area contributed by atoms with Crippen LogP contribution in [0, 0.1) is 0 Å². The number of nitrogens with two attached hydrogens (primary N) is 1. The van der Waals surface area contributed by atoms with Crippen LogP contribution in [0.4, 0.5) is 10.5 Å². The molecule has 0 aromatic carbocycles. The Hall–Kier alpha value is -1.88. The van der Waals surface area contributed by atoms with Gasteiger partial charge < -0.3 is 10.4 Å². The lowest BCUT2D eigenvalue weighted by Crippen LogP contribution is -2.18. The summed E-state index contributed by atoms with van der Waals surface area (Å²) in [6.07, 6.45) is 5.94. The topological polar surface area (TPSA) is 131 Å². The highest BCUT2D eigenvalue weighted by Crippen LogP contribution is 2.41. The number of aliphatic hydroxyl groups is 1. The van der Waals surface area contributed by atoms with E-state index in [-0.39, 0.29) is 4.21 Å². The second-order valence-electron chi connectivity index (χ2n) is 8.20. The molecule has 2 aromatic heterocycles. The lowest BCUT2D eigenvalue weighted by atomic mass is 10.0. The number of hydrogen-bond acceptors (Lipinski definition) is 6. The first-order valence-electron chi connectivity index (χ1n) is 9.65. The minimum absolute atomic E-state index is 0.156. The molecule has 2 amide bonds. The molecule has 0 unspecified atom stereocenters. The number of pyridine rings is 1. The van der Waals surface area contributed by atoms with Crippen LogP contribution in [-0.2, 0) is 34.8 Å². The average molecular weight is 436 g/mol. The van der Waals surface area contributed by atoms with Crippen molar-refractivity contribution < 1.29 is 14.1 Å². The fourth-order valence-electron chi connectivity index (χ4n) is 3.93. The average Bonchev–Trinajstić information content (AvgIpc) is 3.33. The Kier molecular flexibility index (Phi) is 5.01. The molecular formula is C19H25N5O3S2. The molecule has 2 heterocycles. The lowest BCUT2D eigenvalue weighted by Gasteiger charge is -2.15. The zero-order valence-electron chi connectivity index (χ0n) is 16.7. The quantitative estimate of drug-likeness (QED) is 0.681. The first-order chi connectivity index (χ1) is 13.6. The summed E-state index contributed by atoms with van der Waals surface area (Å²) in [5, 5.41) is 19.1. The highest BCUT2D eigenvalue weighted by molar-refractivity contribution is 7.93. The summed E-state index contributed by atoms with van der Waals surface area (Å²) in [5.74, 6) is 0.361. The van der Waals surface area contributed by atoms with Gasteiger partial charge in [-0.25, -0.2) is 19.1 Å². The van der Waals surface area contributed by atoms with Crippen molar-refractivity contribution >= 4 is 33.0 Å². The summed E-state index contributed by atoms with van der Waals surface area (Å²) in [6, 6.07) is -0.738. The number of thiazole rings is 1. The molecule has 2 aromatic rings. The molecule has 2 atom stereocenters. The number of carbonyl (C=O) groups excluding carboxylic acids is 1. The van der Waals surface area contributed by atoms with Crippen molar-refractivity contribution in [2.75, 3.05) is 5.32 Å². The van der Waals surface area contributed by atoms with Crippen LogP contribution in [0.1, 0.15) is 67.1 Å². The molecular weight excluding hydrogens is 410 g/mol. The van der Waals surface area contributed by atoms with Gasteiger partial charge >= 0.3 is 6.03 Å². The molecule has 2 aliphatic rings. The van der Waals surface area contributed by atoms with Gasteiger partial charge in [-0.05, 0) is 63.0 Å². The Morgan fingerprint density at radius 1 is 1.38 bits per heavy atom. The third kappa shape index (κ3) is 3.81. The van der Waals surface area contributed by atoms with E-state index in [0.717, 1.165) is 71.6 Å². The van der Waals surface area contributed by atoms with E-state index in [4.69, 9.17) is 10.1 Å². The number of aryl methyl sites for hydroxylation is 1. The highest BCUT2D eigenvalue weighted by Gasteiger charge is 2.30. The third-order valence-corrected chi connectivity index (χ3v) is 8.59. The third-order valence-electron chi connectivity index (χ3n) is 5.40.